The molecule has 1 aliphatic heterocycles. The van der Waals surface area contributed by atoms with Crippen molar-refractivity contribution in [3.05, 3.63) is 51.4 Å². The summed E-state index contributed by atoms with van der Waals surface area (Å²) in [6.45, 7) is 0.414. The molecule has 1 saturated heterocycles. The lowest BCUT2D eigenvalue weighted by atomic mass is 10.2. The van der Waals surface area contributed by atoms with Crippen LogP contribution in [0, 0.1) is 10.1 Å². The molecule has 0 spiro atoms. The van der Waals surface area contributed by atoms with E-state index in [1.807, 2.05) is 0 Å². The maximum absolute atomic E-state index is 12.6. The second-order valence-corrected chi connectivity index (χ2v) is 9.51. The van der Waals surface area contributed by atoms with Crippen LogP contribution in [0.1, 0.15) is 28.9 Å². The highest BCUT2D eigenvalue weighted by atomic mass is 32.2. The van der Waals surface area contributed by atoms with E-state index in [4.69, 9.17) is 4.74 Å². The van der Waals surface area contributed by atoms with Gasteiger partial charge in [-0.3, -0.25) is 14.9 Å². The number of nitro groups is 1. The Bertz CT molecular complexity index is 1040. The Morgan fingerprint density at radius 3 is 2.37 bits per heavy atom. The number of amides is 1. The topological polar surface area (TPSA) is 136 Å². The monoisotopic (exact) mass is 453 g/mol. The van der Waals surface area contributed by atoms with E-state index < -0.39 is 33.4 Å². The van der Waals surface area contributed by atoms with Crippen LogP contribution in [0.4, 0.5) is 10.7 Å². The molecule has 0 saturated carbocycles. The molecule has 12 heteroatoms. The molecule has 1 fully saturated rings. The molecule has 2 heterocycles. The van der Waals surface area contributed by atoms with E-state index in [9.17, 15) is 28.1 Å². The summed E-state index contributed by atoms with van der Waals surface area (Å²) < 4.78 is 31.5. The Morgan fingerprint density at radius 2 is 1.77 bits per heavy atom. The lowest BCUT2D eigenvalue weighted by Gasteiger charge is -2.25. The quantitative estimate of drug-likeness (QED) is 0.387. The van der Waals surface area contributed by atoms with Crippen molar-refractivity contribution >= 4 is 43.9 Å². The lowest BCUT2D eigenvalue weighted by Crippen LogP contribution is -2.35. The zero-order chi connectivity index (χ0) is 21.7. The lowest BCUT2D eigenvalue weighted by molar-refractivity contribution is -0.380. The van der Waals surface area contributed by atoms with Crippen molar-refractivity contribution < 1.29 is 27.7 Å². The summed E-state index contributed by atoms with van der Waals surface area (Å²) in [7, 11) is -3.56. The molecule has 160 valence electrons. The maximum atomic E-state index is 12.6. The van der Waals surface area contributed by atoms with Crippen LogP contribution in [0.3, 0.4) is 0 Å². The third kappa shape index (κ3) is 5.20. The Hall–Kier alpha value is -2.83. The van der Waals surface area contributed by atoms with Gasteiger partial charge in [0.05, 0.1) is 9.82 Å². The zero-order valence-electron chi connectivity index (χ0n) is 15.8. The number of hydrogen-bond acceptors (Lipinski definition) is 8. The number of rotatable bonds is 7. The number of anilines is 1. The van der Waals surface area contributed by atoms with Crippen LogP contribution in [-0.2, 0) is 19.6 Å². The van der Waals surface area contributed by atoms with Crippen molar-refractivity contribution in [1.29, 1.82) is 0 Å². The fourth-order valence-corrected chi connectivity index (χ4v) is 5.13. The van der Waals surface area contributed by atoms with Crippen LogP contribution in [0.5, 0.6) is 0 Å². The van der Waals surface area contributed by atoms with E-state index in [-0.39, 0.29) is 14.8 Å². The van der Waals surface area contributed by atoms with E-state index in [0.717, 1.165) is 19.3 Å². The standard InChI is InChI=1S/C18H19N3O7S2/c22-16(12-28-18(23)15-8-9-17(29-15)21(24)25)19-13-4-6-14(7-5-13)30(26,27)20-10-2-1-3-11-20/h4-9H,1-3,10-12H2,(H,19,22). The first-order valence-corrected chi connectivity index (χ1v) is 11.3. The molecular weight excluding hydrogens is 434 g/mol. The Morgan fingerprint density at radius 1 is 1.10 bits per heavy atom. The minimum absolute atomic E-state index is 0.0155. The Balaban J connectivity index is 1.54. The number of sulfonamides is 1. The number of nitrogens with one attached hydrogen (secondary N) is 1. The van der Waals surface area contributed by atoms with Gasteiger partial charge in [-0.2, -0.15) is 4.31 Å². The number of ether oxygens (including phenoxy) is 1. The van der Waals surface area contributed by atoms with Crippen molar-refractivity contribution in [1.82, 2.24) is 4.31 Å². The molecule has 1 amide bonds. The first-order chi connectivity index (χ1) is 14.3. The van der Waals surface area contributed by atoms with Crippen molar-refractivity contribution in [2.24, 2.45) is 0 Å². The molecule has 10 nitrogen and oxygen atoms in total. The van der Waals surface area contributed by atoms with E-state index in [1.165, 1.54) is 40.7 Å². The third-order valence-corrected chi connectivity index (χ3v) is 7.33. The van der Waals surface area contributed by atoms with Crippen LogP contribution in [0.25, 0.3) is 0 Å². The number of benzene rings is 1. The molecular formula is C18H19N3O7S2. The molecule has 0 bridgehead atoms. The summed E-state index contributed by atoms with van der Waals surface area (Å²) in [6, 6.07) is 8.18. The number of thiophene rings is 1. The molecule has 0 unspecified atom stereocenters. The minimum atomic E-state index is -3.56. The van der Waals surface area contributed by atoms with Gasteiger partial charge in [0.1, 0.15) is 4.88 Å². The zero-order valence-corrected chi connectivity index (χ0v) is 17.4. The van der Waals surface area contributed by atoms with Gasteiger partial charge >= 0.3 is 11.0 Å². The van der Waals surface area contributed by atoms with Crippen molar-refractivity contribution in [2.45, 2.75) is 24.2 Å². The minimum Gasteiger partial charge on any atom is -0.451 e. The molecule has 2 aromatic rings. The van der Waals surface area contributed by atoms with E-state index >= 15 is 0 Å². The SMILES string of the molecule is O=C(COC(=O)c1ccc([N+](=O)[O-])s1)Nc1ccc(S(=O)(=O)N2CCCCC2)cc1. The fraction of sp³-hybridized carbons (Fsp3) is 0.333. The molecule has 30 heavy (non-hydrogen) atoms. The van der Waals surface area contributed by atoms with E-state index in [1.54, 1.807) is 0 Å². The number of hydrogen-bond donors (Lipinski definition) is 1. The number of piperidine rings is 1. The Kier molecular flexibility index (Phi) is 6.80. The smallest absolute Gasteiger partial charge is 0.349 e. The van der Waals surface area contributed by atoms with Gasteiger partial charge in [-0.1, -0.05) is 17.8 Å². The third-order valence-electron chi connectivity index (χ3n) is 4.40. The average molecular weight is 453 g/mol. The average Bonchev–Trinajstić information content (AvgIpc) is 3.24. The molecule has 0 aliphatic carbocycles. The molecule has 3 rings (SSSR count). The summed E-state index contributed by atoms with van der Waals surface area (Å²) >= 11 is 0.654. The molecule has 0 radical (unpaired) electrons. The van der Waals surface area contributed by atoms with Crippen LogP contribution in [0.2, 0.25) is 0 Å². The summed E-state index contributed by atoms with van der Waals surface area (Å²) in [4.78, 5) is 34.0. The summed E-state index contributed by atoms with van der Waals surface area (Å²) in [5.41, 5.74) is 0.348. The summed E-state index contributed by atoms with van der Waals surface area (Å²) in [5.74, 6) is -1.47. The molecule has 0 atom stereocenters. The van der Waals surface area contributed by atoms with Crippen molar-refractivity contribution in [3.8, 4) is 0 Å². The second-order valence-electron chi connectivity index (χ2n) is 6.51. The fourth-order valence-electron chi connectivity index (χ4n) is 2.90. The number of nitrogens with zero attached hydrogens (tertiary/aromatic N) is 2. The molecule has 1 aromatic carbocycles. The Labute approximate surface area is 176 Å². The van der Waals surface area contributed by atoms with Gasteiger partial charge in [-0.15, -0.1) is 0 Å². The predicted octanol–water partition coefficient (Wildman–Crippen LogP) is 2.63. The largest absolute Gasteiger partial charge is 0.451 e. The van der Waals surface area contributed by atoms with Gasteiger partial charge in [-0.25, -0.2) is 13.2 Å². The van der Waals surface area contributed by atoms with Crippen LogP contribution in [0.15, 0.2) is 41.3 Å². The predicted molar refractivity (Wildman–Crippen MR) is 109 cm³/mol. The molecule has 1 aliphatic rings. The van der Waals surface area contributed by atoms with E-state index in [2.05, 4.69) is 5.32 Å². The summed E-state index contributed by atoms with van der Waals surface area (Å²) in [6.07, 6.45) is 2.70. The first kappa shape index (κ1) is 21.9. The van der Waals surface area contributed by atoms with E-state index in [0.29, 0.717) is 30.1 Å². The highest BCUT2D eigenvalue weighted by Gasteiger charge is 2.25. The van der Waals surface area contributed by atoms with Gasteiger partial charge in [-0.05, 0) is 43.2 Å². The van der Waals surface area contributed by atoms with Gasteiger partial charge in [0.2, 0.25) is 10.0 Å². The molecule has 1 N–H and O–H groups in total. The number of esters is 1. The van der Waals surface area contributed by atoms with Crippen molar-refractivity contribution in [2.75, 3.05) is 25.0 Å². The molecule has 1 aromatic heterocycles. The highest BCUT2D eigenvalue weighted by Crippen LogP contribution is 2.25. The maximum Gasteiger partial charge on any atom is 0.349 e. The highest BCUT2D eigenvalue weighted by molar-refractivity contribution is 7.89. The van der Waals surface area contributed by atoms with Crippen molar-refractivity contribution in [3.63, 3.8) is 0 Å². The second kappa shape index (κ2) is 9.32. The summed E-state index contributed by atoms with van der Waals surface area (Å²) in [5, 5.41) is 12.9. The first-order valence-electron chi connectivity index (χ1n) is 9.09. The normalized spacial score (nSPS) is 14.8. The number of carbonyl (C=O) groups excluding carboxylic acids is 2. The van der Waals surface area contributed by atoms with Crippen LogP contribution >= 0.6 is 11.3 Å². The van der Waals surface area contributed by atoms with Crippen LogP contribution < -0.4 is 5.32 Å². The van der Waals surface area contributed by atoms with Crippen LogP contribution in [-0.4, -0.2) is 49.2 Å². The van der Waals surface area contributed by atoms with Gasteiger partial charge < -0.3 is 10.1 Å². The van der Waals surface area contributed by atoms with Gasteiger partial charge in [0.25, 0.3) is 5.91 Å². The number of carbonyl (C=O) groups is 2. The van der Waals surface area contributed by atoms with Gasteiger partial charge in [0.15, 0.2) is 6.61 Å². The van der Waals surface area contributed by atoms with Gasteiger partial charge in [0, 0.05) is 24.8 Å².